The van der Waals surface area contributed by atoms with E-state index in [-0.39, 0.29) is 10.8 Å². The van der Waals surface area contributed by atoms with E-state index in [2.05, 4.69) is 55.4 Å². The summed E-state index contributed by atoms with van der Waals surface area (Å²) in [6, 6.07) is 0. The van der Waals surface area contributed by atoms with Gasteiger partial charge in [-0.25, -0.2) is 0 Å². The lowest BCUT2D eigenvalue weighted by atomic mass is 9.66. The van der Waals surface area contributed by atoms with Gasteiger partial charge in [-0.1, -0.05) is 61.8 Å². The Labute approximate surface area is 103 Å². The molecule has 2 unspecified atom stereocenters. The molecule has 0 spiro atoms. The summed E-state index contributed by atoms with van der Waals surface area (Å²) < 4.78 is 0. The minimum absolute atomic E-state index is 0.0392. The minimum atomic E-state index is -0.533. The van der Waals surface area contributed by atoms with Crippen molar-refractivity contribution < 1.29 is 5.11 Å². The summed E-state index contributed by atoms with van der Waals surface area (Å²) in [4.78, 5) is 0. The molecule has 1 N–H and O–H groups in total. The first kappa shape index (κ1) is 16.0. The zero-order chi connectivity index (χ0) is 13.2. The molecular weight excluding hydrogens is 196 g/mol. The maximum absolute atomic E-state index is 10.9. The normalized spacial score (nSPS) is 19.3. The molecular formula is C15H32O. The fourth-order valence-electron chi connectivity index (χ4n) is 2.01. The van der Waals surface area contributed by atoms with Gasteiger partial charge in [-0.15, -0.1) is 0 Å². The van der Waals surface area contributed by atoms with E-state index in [9.17, 15) is 5.11 Å². The van der Waals surface area contributed by atoms with Crippen LogP contribution in [0, 0.1) is 16.7 Å². The van der Waals surface area contributed by atoms with Crippen LogP contribution in [0.15, 0.2) is 0 Å². The van der Waals surface area contributed by atoms with Gasteiger partial charge in [0.15, 0.2) is 0 Å². The second-order valence-electron chi connectivity index (χ2n) is 7.50. The summed E-state index contributed by atoms with van der Waals surface area (Å²) >= 11 is 0. The van der Waals surface area contributed by atoms with Crippen molar-refractivity contribution in [3.8, 4) is 0 Å². The standard InChI is InChI=1S/C15H32O/c1-9-10-15(16,14(6,7)8)11-12(2)13(3,4)5/h12,16H,9-11H2,1-8H3. The lowest BCUT2D eigenvalue weighted by molar-refractivity contribution is -0.0899. The fraction of sp³-hybridized carbons (Fsp3) is 1.00. The third kappa shape index (κ3) is 4.08. The van der Waals surface area contributed by atoms with Crippen molar-refractivity contribution in [3.63, 3.8) is 0 Å². The summed E-state index contributed by atoms with van der Waals surface area (Å²) in [5.41, 5.74) is -0.302. The van der Waals surface area contributed by atoms with E-state index in [1.54, 1.807) is 0 Å². The van der Waals surface area contributed by atoms with Gasteiger partial charge in [-0.3, -0.25) is 0 Å². The number of rotatable bonds is 4. The molecule has 0 rings (SSSR count). The predicted molar refractivity (Wildman–Crippen MR) is 72.5 cm³/mol. The second kappa shape index (κ2) is 5.08. The number of hydrogen-bond donors (Lipinski definition) is 1. The van der Waals surface area contributed by atoms with Crippen molar-refractivity contribution >= 4 is 0 Å². The Hall–Kier alpha value is -0.0400. The van der Waals surface area contributed by atoms with Crippen LogP contribution >= 0.6 is 0 Å². The topological polar surface area (TPSA) is 20.2 Å². The van der Waals surface area contributed by atoms with E-state index >= 15 is 0 Å². The molecule has 16 heavy (non-hydrogen) atoms. The van der Waals surface area contributed by atoms with Crippen molar-refractivity contribution in [2.45, 2.75) is 80.3 Å². The van der Waals surface area contributed by atoms with Gasteiger partial charge in [0.25, 0.3) is 0 Å². The van der Waals surface area contributed by atoms with Crippen LogP contribution in [0.4, 0.5) is 0 Å². The molecule has 0 aliphatic carbocycles. The van der Waals surface area contributed by atoms with Crippen molar-refractivity contribution in [2.75, 3.05) is 0 Å². The summed E-state index contributed by atoms with van der Waals surface area (Å²) in [5.74, 6) is 0.531. The Morgan fingerprint density at radius 1 is 1.00 bits per heavy atom. The summed E-state index contributed by atoms with van der Waals surface area (Å²) in [6.45, 7) is 17.6. The summed E-state index contributed by atoms with van der Waals surface area (Å²) in [6.07, 6.45) is 2.84. The molecule has 0 saturated heterocycles. The van der Waals surface area contributed by atoms with Gasteiger partial charge in [0.05, 0.1) is 5.60 Å². The van der Waals surface area contributed by atoms with Crippen molar-refractivity contribution in [1.29, 1.82) is 0 Å². The van der Waals surface area contributed by atoms with E-state index in [0.29, 0.717) is 5.92 Å². The molecule has 0 aromatic heterocycles. The highest BCUT2D eigenvalue weighted by Crippen LogP contribution is 2.42. The van der Waals surface area contributed by atoms with Crippen LogP contribution in [0.3, 0.4) is 0 Å². The Kier molecular flexibility index (Phi) is 5.07. The van der Waals surface area contributed by atoms with Crippen LogP contribution in [0.2, 0.25) is 0 Å². The van der Waals surface area contributed by atoms with E-state index in [4.69, 9.17) is 0 Å². The van der Waals surface area contributed by atoms with Crippen LogP contribution < -0.4 is 0 Å². The second-order valence-corrected chi connectivity index (χ2v) is 7.50. The zero-order valence-electron chi connectivity index (χ0n) is 12.6. The zero-order valence-corrected chi connectivity index (χ0v) is 12.6. The van der Waals surface area contributed by atoms with E-state index in [1.807, 2.05) is 0 Å². The molecule has 1 nitrogen and oxygen atoms in total. The maximum Gasteiger partial charge on any atom is 0.0698 e. The van der Waals surface area contributed by atoms with Crippen LogP contribution in [0.1, 0.15) is 74.7 Å². The molecule has 0 aromatic carbocycles. The fourth-order valence-corrected chi connectivity index (χ4v) is 2.01. The molecule has 0 amide bonds. The monoisotopic (exact) mass is 228 g/mol. The van der Waals surface area contributed by atoms with Crippen LogP contribution in [-0.4, -0.2) is 10.7 Å². The molecule has 0 aliphatic rings. The molecule has 0 saturated carbocycles. The Morgan fingerprint density at radius 3 is 1.69 bits per heavy atom. The van der Waals surface area contributed by atoms with Crippen LogP contribution in [-0.2, 0) is 0 Å². The lowest BCUT2D eigenvalue weighted by Crippen LogP contribution is -2.45. The SMILES string of the molecule is CCCC(O)(CC(C)C(C)(C)C)C(C)(C)C. The largest absolute Gasteiger partial charge is 0.389 e. The molecule has 0 aliphatic heterocycles. The molecule has 0 bridgehead atoms. The van der Waals surface area contributed by atoms with Crippen LogP contribution in [0.5, 0.6) is 0 Å². The highest BCUT2D eigenvalue weighted by molar-refractivity contribution is 4.93. The first-order chi connectivity index (χ1) is 6.94. The third-order valence-electron chi connectivity index (χ3n) is 4.18. The smallest absolute Gasteiger partial charge is 0.0698 e. The van der Waals surface area contributed by atoms with Gasteiger partial charge in [0.2, 0.25) is 0 Å². The quantitative estimate of drug-likeness (QED) is 0.743. The Balaban J connectivity index is 4.83. The van der Waals surface area contributed by atoms with Crippen molar-refractivity contribution in [1.82, 2.24) is 0 Å². The maximum atomic E-state index is 10.9. The van der Waals surface area contributed by atoms with Gasteiger partial charge < -0.3 is 5.11 Å². The summed E-state index contributed by atoms with van der Waals surface area (Å²) in [7, 11) is 0. The highest BCUT2D eigenvalue weighted by atomic mass is 16.3. The lowest BCUT2D eigenvalue weighted by Gasteiger charge is -2.44. The molecule has 0 heterocycles. The molecule has 0 fully saturated rings. The van der Waals surface area contributed by atoms with E-state index < -0.39 is 5.60 Å². The average molecular weight is 228 g/mol. The number of aliphatic hydroxyl groups is 1. The molecule has 0 aromatic rings. The van der Waals surface area contributed by atoms with Gasteiger partial charge in [-0.2, -0.15) is 0 Å². The first-order valence-electron chi connectivity index (χ1n) is 6.66. The van der Waals surface area contributed by atoms with Crippen LogP contribution in [0.25, 0.3) is 0 Å². The Bertz CT molecular complexity index is 206. The predicted octanol–water partition coefficient (Wildman–Crippen LogP) is 4.64. The number of hydrogen-bond acceptors (Lipinski definition) is 1. The molecule has 1 heteroatoms. The molecule has 0 radical (unpaired) electrons. The van der Waals surface area contributed by atoms with Gasteiger partial charge in [-0.05, 0) is 29.6 Å². The third-order valence-corrected chi connectivity index (χ3v) is 4.18. The minimum Gasteiger partial charge on any atom is -0.389 e. The first-order valence-corrected chi connectivity index (χ1v) is 6.66. The van der Waals surface area contributed by atoms with Crippen molar-refractivity contribution in [2.24, 2.45) is 16.7 Å². The molecule has 98 valence electrons. The highest BCUT2D eigenvalue weighted by Gasteiger charge is 2.41. The molecule has 2 atom stereocenters. The summed E-state index contributed by atoms with van der Waals surface area (Å²) in [5, 5.41) is 10.9. The van der Waals surface area contributed by atoms with Gasteiger partial charge in [0, 0.05) is 0 Å². The van der Waals surface area contributed by atoms with E-state index in [0.717, 1.165) is 19.3 Å². The average Bonchev–Trinajstić information content (AvgIpc) is 2.00. The van der Waals surface area contributed by atoms with Crippen molar-refractivity contribution in [3.05, 3.63) is 0 Å². The Morgan fingerprint density at radius 2 is 1.44 bits per heavy atom. The van der Waals surface area contributed by atoms with Gasteiger partial charge in [0.1, 0.15) is 0 Å². The van der Waals surface area contributed by atoms with Gasteiger partial charge >= 0.3 is 0 Å². The van der Waals surface area contributed by atoms with E-state index in [1.165, 1.54) is 0 Å².